The average molecular weight is 306 g/mol. The number of para-hydroxylation sites is 1. The summed E-state index contributed by atoms with van der Waals surface area (Å²) in [6.45, 7) is 2.54. The summed E-state index contributed by atoms with van der Waals surface area (Å²) in [4.78, 5) is 17.2. The van der Waals surface area contributed by atoms with E-state index in [0.717, 1.165) is 23.0 Å². The second kappa shape index (κ2) is 6.83. The zero-order valence-corrected chi connectivity index (χ0v) is 12.9. The average Bonchev–Trinajstić information content (AvgIpc) is 2.56. The van der Waals surface area contributed by atoms with E-state index < -0.39 is 0 Å². The number of aromatic nitrogens is 3. The van der Waals surface area contributed by atoms with Crippen molar-refractivity contribution in [2.24, 2.45) is 10.7 Å². The lowest BCUT2D eigenvalue weighted by Crippen LogP contribution is -2.24. The molecule has 0 saturated heterocycles. The van der Waals surface area contributed by atoms with Crippen molar-refractivity contribution in [3.8, 4) is 0 Å². The highest BCUT2D eigenvalue weighted by atomic mass is 15.2. The quantitative estimate of drug-likeness (QED) is 0.570. The number of pyridine rings is 1. The summed E-state index contributed by atoms with van der Waals surface area (Å²) in [6, 6.07) is 11.8. The SMILES string of the molecule is Cc1nc(NC(N)=NCCc2ccncc2)nc2ccccc12. The normalized spacial score (nSPS) is 11.6. The number of benzene rings is 1. The van der Waals surface area contributed by atoms with Gasteiger partial charge in [0.1, 0.15) is 0 Å². The van der Waals surface area contributed by atoms with Gasteiger partial charge in [0.15, 0.2) is 5.96 Å². The molecule has 2 heterocycles. The Labute approximate surface area is 134 Å². The summed E-state index contributed by atoms with van der Waals surface area (Å²) in [5.41, 5.74) is 8.87. The zero-order chi connectivity index (χ0) is 16.1. The van der Waals surface area contributed by atoms with Crippen molar-refractivity contribution < 1.29 is 0 Å². The van der Waals surface area contributed by atoms with E-state index in [9.17, 15) is 0 Å². The predicted octanol–water partition coefficient (Wildman–Crippen LogP) is 2.30. The Morgan fingerprint density at radius 3 is 2.74 bits per heavy atom. The number of nitrogens with one attached hydrogen (secondary N) is 1. The topological polar surface area (TPSA) is 89.1 Å². The van der Waals surface area contributed by atoms with Crippen LogP contribution in [0.3, 0.4) is 0 Å². The van der Waals surface area contributed by atoms with E-state index in [-0.39, 0.29) is 0 Å². The van der Waals surface area contributed by atoms with Crippen LogP contribution >= 0.6 is 0 Å². The van der Waals surface area contributed by atoms with Crippen LogP contribution in [-0.4, -0.2) is 27.5 Å². The van der Waals surface area contributed by atoms with Gasteiger partial charge in [-0.1, -0.05) is 18.2 Å². The molecule has 0 unspecified atom stereocenters. The third-order valence-electron chi connectivity index (χ3n) is 3.47. The Hall–Kier alpha value is -3.02. The molecule has 0 radical (unpaired) electrons. The molecule has 0 aliphatic rings. The number of nitrogens with zero attached hydrogens (tertiary/aromatic N) is 4. The van der Waals surface area contributed by atoms with Crippen molar-refractivity contribution in [2.45, 2.75) is 13.3 Å². The van der Waals surface area contributed by atoms with E-state index in [1.165, 1.54) is 5.56 Å². The predicted molar refractivity (Wildman–Crippen MR) is 92.3 cm³/mol. The van der Waals surface area contributed by atoms with Crippen molar-refractivity contribution in [1.29, 1.82) is 0 Å². The Morgan fingerprint density at radius 2 is 1.91 bits per heavy atom. The van der Waals surface area contributed by atoms with Gasteiger partial charge in [-0.2, -0.15) is 0 Å². The first-order valence-corrected chi connectivity index (χ1v) is 7.41. The molecule has 23 heavy (non-hydrogen) atoms. The highest BCUT2D eigenvalue weighted by molar-refractivity contribution is 5.92. The van der Waals surface area contributed by atoms with Gasteiger partial charge in [0.25, 0.3) is 0 Å². The van der Waals surface area contributed by atoms with Gasteiger partial charge in [0.05, 0.1) is 11.2 Å². The van der Waals surface area contributed by atoms with Gasteiger partial charge in [-0.15, -0.1) is 0 Å². The molecule has 0 aliphatic carbocycles. The fourth-order valence-electron chi connectivity index (χ4n) is 2.30. The van der Waals surface area contributed by atoms with E-state index >= 15 is 0 Å². The van der Waals surface area contributed by atoms with Gasteiger partial charge in [0.2, 0.25) is 5.95 Å². The molecule has 0 bridgehead atoms. The van der Waals surface area contributed by atoms with Gasteiger partial charge < -0.3 is 5.73 Å². The molecular weight excluding hydrogens is 288 g/mol. The third kappa shape index (κ3) is 3.79. The van der Waals surface area contributed by atoms with Crippen LogP contribution in [0.25, 0.3) is 10.9 Å². The molecule has 6 heteroatoms. The minimum atomic E-state index is 0.314. The summed E-state index contributed by atoms with van der Waals surface area (Å²) in [6.07, 6.45) is 4.35. The highest BCUT2D eigenvalue weighted by Gasteiger charge is 2.04. The molecule has 3 rings (SSSR count). The lowest BCUT2D eigenvalue weighted by atomic mass is 10.2. The molecule has 0 saturated carbocycles. The number of hydrogen-bond donors (Lipinski definition) is 2. The van der Waals surface area contributed by atoms with Crippen molar-refractivity contribution in [1.82, 2.24) is 15.0 Å². The monoisotopic (exact) mass is 306 g/mol. The molecule has 1 aromatic carbocycles. The van der Waals surface area contributed by atoms with Crippen LogP contribution in [0.1, 0.15) is 11.3 Å². The van der Waals surface area contributed by atoms with E-state index in [0.29, 0.717) is 18.5 Å². The number of guanidine groups is 1. The summed E-state index contributed by atoms with van der Waals surface area (Å²) >= 11 is 0. The molecule has 0 atom stereocenters. The second-order valence-electron chi connectivity index (χ2n) is 5.15. The first kappa shape index (κ1) is 14.9. The van der Waals surface area contributed by atoms with Crippen LogP contribution in [-0.2, 0) is 6.42 Å². The van der Waals surface area contributed by atoms with Crippen LogP contribution < -0.4 is 11.1 Å². The number of rotatable bonds is 4. The maximum absolute atomic E-state index is 5.91. The number of anilines is 1. The second-order valence-corrected chi connectivity index (χ2v) is 5.15. The maximum Gasteiger partial charge on any atom is 0.230 e. The highest BCUT2D eigenvalue weighted by Crippen LogP contribution is 2.16. The molecular formula is C17H18N6. The number of hydrogen-bond acceptors (Lipinski definition) is 4. The van der Waals surface area contributed by atoms with Gasteiger partial charge in [-0.25, -0.2) is 9.97 Å². The van der Waals surface area contributed by atoms with Crippen LogP contribution in [0.15, 0.2) is 53.8 Å². The third-order valence-corrected chi connectivity index (χ3v) is 3.47. The fraction of sp³-hybridized carbons (Fsp3) is 0.176. The van der Waals surface area contributed by atoms with E-state index in [1.807, 2.05) is 43.3 Å². The van der Waals surface area contributed by atoms with Crippen molar-refractivity contribution in [3.05, 3.63) is 60.0 Å². The lowest BCUT2D eigenvalue weighted by Gasteiger charge is -2.07. The van der Waals surface area contributed by atoms with Crippen LogP contribution in [0.2, 0.25) is 0 Å². The molecule has 2 aromatic heterocycles. The van der Waals surface area contributed by atoms with Crippen molar-refractivity contribution >= 4 is 22.8 Å². The Morgan fingerprint density at radius 1 is 1.13 bits per heavy atom. The molecule has 0 aliphatic heterocycles. The van der Waals surface area contributed by atoms with Gasteiger partial charge in [0, 0.05) is 24.3 Å². The molecule has 6 nitrogen and oxygen atoms in total. The van der Waals surface area contributed by atoms with Gasteiger partial charge >= 0.3 is 0 Å². The van der Waals surface area contributed by atoms with Crippen LogP contribution in [0.4, 0.5) is 5.95 Å². The lowest BCUT2D eigenvalue weighted by molar-refractivity contribution is 0.959. The van der Waals surface area contributed by atoms with Crippen LogP contribution in [0, 0.1) is 6.92 Å². The Bertz CT molecular complexity index is 829. The molecule has 3 aromatic rings. The zero-order valence-electron chi connectivity index (χ0n) is 12.9. The Kier molecular flexibility index (Phi) is 4.42. The molecule has 0 fully saturated rings. The van der Waals surface area contributed by atoms with Gasteiger partial charge in [-0.3, -0.25) is 15.3 Å². The molecule has 3 N–H and O–H groups in total. The molecule has 0 spiro atoms. The molecule has 0 amide bonds. The largest absolute Gasteiger partial charge is 0.370 e. The number of aliphatic imine (C=N–C) groups is 1. The van der Waals surface area contributed by atoms with Crippen LogP contribution in [0.5, 0.6) is 0 Å². The van der Waals surface area contributed by atoms with E-state index in [2.05, 4.69) is 25.3 Å². The van der Waals surface area contributed by atoms with E-state index in [1.54, 1.807) is 12.4 Å². The summed E-state index contributed by atoms with van der Waals surface area (Å²) < 4.78 is 0. The first-order chi connectivity index (χ1) is 11.2. The number of aryl methyl sites for hydroxylation is 1. The maximum atomic E-state index is 5.91. The minimum Gasteiger partial charge on any atom is -0.370 e. The minimum absolute atomic E-state index is 0.314. The summed E-state index contributed by atoms with van der Waals surface area (Å²) in [7, 11) is 0. The smallest absolute Gasteiger partial charge is 0.230 e. The summed E-state index contributed by atoms with van der Waals surface area (Å²) in [5.74, 6) is 0.778. The van der Waals surface area contributed by atoms with Crippen molar-refractivity contribution in [2.75, 3.05) is 11.9 Å². The fourth-order valence-corrected chi connectivity index (χ4v) is 2.30. The summed E-state index contributed by atoms with van der Waals surface area (Å²) in [5, 5.41) is 3.99. The van der Waals surface area contributed by atoms with Gasteiger partial charge in [-0.05, 0) is 37.1 Å². The van der Waals surface area contributed by atoms with E-state index in [4.69, 9.17) is 5.73 Å². The first-order valence-electron chi connectivity index (χ1n) is 7.41. The molecule has 116 valence electrons. The number of nitrogens with two attached hydrogens (primary N) is 1. The van der Waals surface area contributed by atoms with Crippen molar-refractivity contribution in [3.63, 3.8) is 0 Å². The Balaban J connectivity index is 1.67. The number of fused-ring (bicyclic) bond motifs is 1. The standard InChI is InChI=1S/C17H18N6/c1-12-14-4-2-3-5-15(14)22-17(21-12)23-16(18)20-11-8-13-6-9-19-10-7-13/h2-7,9-10H,8,11H2,1H3,(H3,18,20,21,22,23).